The summed E-state index contributed by atoms with van der Waals surface area (Å²) in [5.74, 6) is -1.61. The summed E-state index contributed by atoms with van der Waals surface area (Å²) < 4.78 is 16.5. The van der Waals surface area contributed by atoms with Crippen LogP contribution < -0.4 is 10.2 Å². The van der Waals surface area contributed by atoms with Gasteiger partial charge in [-0.05, 0) is 6.92 Å². The van der Waals surface area contributed by atoms with Crippen LogP contribution in [0.25, 0.3) is 22.3 Å². The maximum atomic E-state index is 12.5. The molecule has 0 bridgehead atoms. The minimum atomic E-state index is -1.63. The first-order valence-corrected chi connectivity index (χ1v) is 9.22. The number of rotatable bonds is 3. The van der Waals surface area contributed by atoms with E-state index in [0.717, 1.165) is 0 Å². The Bertz CT molecular complexity index is 1120. The standard InChI is InChI=1S/C21H20O9/c1-9-16(23)19(26)20(27)21(28-9)30-14-8-13-15(18(25)17(14)24)11(22)7-12(29-13)10-5-3-2-4-6-10/h2-9,16,19-21,23-27H,1H3/t9-,16-,19+,20-,21?/m1/s1. The number of aromatic hydroxyl groups is 2. The van der Waals surface area contributed by atoms with Crippen molar-refractivity contribution in [2.45, 2.75) is 37.6 Å². The average molecular weight is 416 g/mol. The fraction of sp³-hybridized carbons (Fsp3) is 0.286. The maximum absolute atomic E-state index is 12.5. The summed E-state index contributed by atoms with van der Waals surface area (Å²) >= 11 is 0. The number of hydrogen-bond acceptors (Lipinski definition) is 9. The summed E-state index contributed by atoms with van der Waals surface area (Å²) in [7, 11) is 0. The Labute approximate surface area is 170 Å². The van der Waals surface area contributed by atoms with E-state index < -0.39 is 47.6 Å². The molecule has 0 saturated carbocycles. The van der Waals surface area contributed by atoms with Crippen LogP contribution in [0, 0.1) is 0 Å². The van der Waals surface area contributed by atoms with Crippen molar-refractivity contribution in [3.8, 4) is 28.6 Å². The molecule has 1 fully saturated rings. The molecule has 0 spiro atoms. The molecule has 5 N–H and O–H groups in total. The molecule has 0 amide bonds. The van der Waals surface area contributed by atoms with Crippen molar-refractivity contribution < 1.29 is 39.4 Å². The second-order valence-electron chi connectivity index (χ2n) is 7.09. The molecular weight excluding hydrogens is 396 g/mol. The summed E-state index contributed by atoms with van der Waals surface area (Å²) in [6.07, 6.45) is -6.82. The van der Waals surface area contributed by atoms with Gasteiger partial charge in [-0.15, -0.1) is 0 Å². The Balaban J connectivity index is 1.77. The summed E-state index contributed by atoms with van der Waals surface area (Å²) in [6, 6.07) is 11.2. The van der Waals surface area contributed by atoms with Gasteiger partial charge in [0.05, 0.1) is 6.10 Å². The lowest BCUT2D eigenvalue weighted by molar-refractivity contribution is -0.268. The molecule has 30 heavy (non-hydrogen) atoms. The summed E-state index contributed by atoms with van der Waals surface area (Å²) in [5, 5.41) is 50.2. The van der Waals surface area contributed by atoms with E-state index in [1.165, 1.54) is 19.1 Å². The first-order valence-electron chi connectivity index (χ1n) is 9.22. The van der Waals surface area contributed by atoms with Crippen LogP contribution in [0.3, 0.4) is 0 Å². The third kappa shape index (κ3) is 3.37. The number of aliphatic hydroxyl groups is 3. The Hall–Kier alpha value is -3.11. The topological polar surface area (TPSA) is 150 Å². The lowest BCUT2D eigenvalue weighted by Gasteiger charge is -2.38. The van der Waals surface area contributed by atoms with Crippen LogP contribution in [0.5, 0.6) is 17.2 Å². The van der Waals surface area contributed by atoms with Crippen LogP contribution >= 0.6 is 0 Å². The van der Waals surface area contributed by atoms with Gasteiger partial charge in [0.2, 0.25) is 12.0 Å². The first kappa shape index (κ1) is 20.2. The van der Waals surface area contributed by atoms with Crippen LogP contribution in [-0.4, -0.2) is 56.2 Å². The normalized spacial score (nSPS) is 26.6. The summed E-state index contributed by atoms with van der Waals surface area (Å²) in [4.78, 5) is 12.5. The molecule has 1 unspecified atom stereocenters. The van der Waals surface area contributed by atoms with Crippen molar-refractivity contribution in [2.75, 3.05) is 0 Å². The van der Waals surface area contributed by atoms with Crippen LogP contribution in [0.1, 0.15) is 6.92 Å². The van der Waals surface area contributed by atoms with Crippen molar-refractivity contribution in [2.24, 2.45) is 0 Å². The van der Waals surface area contributed by atoms with E-state index in [-0.39, 0.29) is 22.5 Å². The highest BCUT2D eigenvalue weighted by Gasteiger charge is 2.43. The Morgan fingerprint density at radius 1 is 0.933 bits per heavy atom. The molecular formula is C21H20O9. The molecule has 0 aliphatic carbocycles. The van der Waals surface area contributed by atoms with Crippen LogP contribution in [0.2, 0.25) is 0 Å². The van der Waals surface area contributed by atoms with Crippen LogP contribution in [-0.2, 0) is 4.74 Å². The van der Waals surface area contributed by atoms with Gasteiger partial charge < -0.3 is 39.4 Å². The highest BCUT2D eigenvalue weighted by Crippen LogP contribution is 2.42. The van der Waals surface area contributed by atoms with Crippen molar-refractivity contribution in [3.63, 3.8) is 0 Å². The van der Waals surface area contributed by atoms with Crippen LogP contribution in [0.15, 0.2) is 51.7 Å². The molecule has 9 heteroatoms. The molecule has 158 valence electrons. The lowest BCUT2D eigenvalue weighted by Crippen LogP contribution is -2.58. The third-order valence-corrected chi connectivity index (χ3v) is 5.04. The van der Waals surface area contributed by atoms with E-state index in [1.54, 1.807) is 30.3 Å². The fourth-order valence-electron chi connectivity index (χ4n) is 3.34. The van der Waals surface area contributed by atoms with Crippen molar-refractivity contribution in [1.82, 2.24) is 0 Å². The van der Waals surface area contributed by atoms with Gasteiger partial charge >= 0.3 is 0 Å². The number of ether oxygens (including phenoxy) is 2. The number of aliphatic hydroxyl groups excluding tert-OH is 3. The Morgan fingerprint density at radius 2 is 1.63 bits per heavy atom. The van der Waals surface area contributed by atoms with E-state index in [4.69, 9.17) is 13.9 Å². The van der Waals surface area contributed by atoms with E-state index in [0.29, 0.717) is 5.56 Å². The van der Waals surface area contributed by atoms with E-state index in [2.05, 4.69) is 0 Å². The predicted octanol–water partition coefficient (Wildman–Crippen LogP) is 1.08. The molecule has 2 heterocycles. The number of phenols is 2. The largest absolute Gasteiger partial charge is 0.504 e. The van der Waals surface area contributed by atoms with Crippen molar-refractivity contribution >= 4 is 11.0 Å². The molecule has 1 aliphatic heterocycles. The number of phenolic OH excluding ortho intramolecular Hbond substituents is 2. The Kier molecular flexibility index (Phi) is 5.12. The molecule has 5 atom stereocenters. The minimum absolute atomic E-state index is 0.0643. The van der Waals surface area contributed by atoms with Gasteiger partial charge in [0, 0.05) is 17.7 Å². The molecule has 3 aromatic rings. The average Bonchev–Trinajstić information content (AvgIpc) is 2.74. The number of benzene rings is 2. The van der Waals surface area contributed by atoms with E-state index in [1.807, 2.05) is 0 Å². The zero-order chi connectivity index (χ0) is 21.6. The molecule has 2 aromatic carbocycles. The smallest absolute Gasteiger partial charge is 0.229 e. The SMILES string of the molecule is C[C@H]1OC(Oc2cc3oc(-c4ccccc4)cc(=O)c3c(O)c2O)[C@H](O)[C@@H](O)[C@@H]1O. The summed E-state index contributed by atoms with van der Waals surface area (Å²) in [5.41, 5.74) is -0.00958. The highest BCUT2D eigenvalue weighted by molar-refractivity contribution is 5.89. The lowest BCUT2D eigenvalue weighted by atomic mass is 10.00. The number of hydrogen-bond donors (Lipinski definition) is 5. The third-order valence-electron chi connectivity index (χ3n) is 5.04. The molecule has 4 rings (SSSR count). The zero-order valence-electron chi connectivity index (χ0n) is 15.8. The Morgan fingerprint density at radius 3 is 2.33 bits per heavy atom. The second-order valence-corrected chi connectivity index (χ2v) is 7.09. The van der Waals surface area contributed by atoms with Gasteiger partial charge in [0.1, 0.15) is 35.0 Å². The first-order chi connectivity index (χ1) is 14.3. The van der Waals surface area contributed by atoms with Gasteiger partial charge in [-0.1, -0.05) is 30.3 Å². The van der Waals surface area contributed by atoms with Gasteiger partial charge in [-0.3, -0.25) is 4.79 Å². The molecule has 1 saturated heterocycles. The highest BCUT2D eigenvalue weighted by atomic mass is 16.7. The maximum Gasteiger partial charge on any atom is 0.229 e. The van der Waals surface area contributed by atoms with Gasteiger partial charge in [-0.25, -0.2) is 0 Å². The van der Waals surface area contributed by atoms with Gasteiger partial charge in [0.15, 0.2) is 16.9 Å². The van der Waals surface area contributed by atoms with Crippen LogP contribution in [0.4, 0.5) is 0 Å². The molecule has 9 nitrogen and oxygen atoms in total. The van der Waals surface area contributed by atoms with E-state index >= 15 is 0 Å². The molecule has 1 aromatic heterocycles. The second kappa shape index (κ2) is 7.62. The van der Waals surface area contributed by atoms with Crippen molar-refractivity contribution in [1.29, 1.82) is 0 Å². The number of fused-ring (bicyclic) bond motifs is 1. The van der Waals surface area contributed by atoms with Gasteiger partial charge in [-0.2, -0.15) is 0 Å². The molecule has 0 radical (unpaired) electrons. The minimum Gasteiger partial charge on any atom is -0.504 e. The monoisotopic (exact) mass is 416 g/mol. The summed E-state index contributed by atoms with van der Waals surface area (Å²) in [6.45, 7) is 1.47. The zero-order valence-corrected chi connectivity index (χ0v) is 15.8. The van der Waals surface area contributed by atoms with Gasteiger partial charge in [0.25, 0.3) is 0 Å². The quantitative estimate of drug-likeness (QED) is 0.395. The predicted molar refractivity (Wildman–Crippen MR) is 104 cm³/mol. The molecule has 1 aliphatic rings. The fourth-order valence-corrected chi connectivity index (χ4v) is 3.34. The van der Waals surface area contributed by atoms with E-state index in [9.17, 15) is 30.3 Å². The van der Waals surface area contributed by atoms with Crippen molar-refractivity contribution in [3.05, 3.63) is 52.7 Å².